The zero-order valence-electron chi connectivity index (χ0n) is 19.4. The number of thioether (sulfide) groups is 1. The Morgan fingerprint density at radius 3 is 2.17 bits per heavy atom. The Kier molecular flexibility index (Phi) is 7.87. The van der Waals surface area contributed by atoms with Gasteiger partial charge in [0, 0.05) is 30.0 Å². The van der Waals surface area contributed by atoms with Crippen LogP contribution in [0.4, 0.5) is 13.2 Å². The monoisotopic (exact) mass is 531 g/mol. The molecule has 0 atom stereocenters. The molecule has 0 bridgehead atoms. The van der Waals surface area contributed by atoms with Gasteiger partial charge in [-0.3, -0.25) is 0 Å². The Morgan fingerprint density at radius 1 is 0.917 bits per heavy atom. The van der Waals surface area contributed by atoms with Gasteiger partial charge in [0.25, 0.3) is 0 Å². The first-order valence-electron chi connectivity index (χ1n) is 11.2. The number of nitrogens with zero attached hydrogens (tertiary/aromatic N) is 2. The van der Waals surface area contributed by atoms with Gasteiger partial charge in [0.2, 0.25) is 10.0 Å². The maximum Gasteiger partial charge on any atom is 0.416 e. The SMILES string of the molecule is CCn1c(SCCNS(=O)(=O)c2cccc(C(F)(F)F)c2)nc(-c2ccccc2)c1-c1ccccc1. The molecule has 3 aromatic carbocycles. The largest absolute Gasteiger partial charge is 0.416 e. The summed E-state index contributed by atoms with van der Waals surface area (Å²) in [6, 6.07) is 23.4. The molecule has 4 aromatic rings. The molecule has 1 aromatic heterocycles. The van der Waals surface area contributed by atoms with E-state index in [0.29, 0.717) is 18.4 Å². The fourth-order valence-electron chi connectivity index (χ4n) is 3.76. The summed E-state index contributed by atoms with van der Waals surface area (Å²) in [7, 11) is -4.09. The standard InChI is InChI=1S/C26H24F3N3O2S2/c1-2-32-24(20-12-7-4-8-13-20)23(19-10-5-3-6-11-19)31-25(32)35-17-16-30-36(33,34)22-15-9-14-21(18-22)26(27,28)29/h3-15,18,30H,2,16-17H2,1H3. The molecule has 5 nitrogen and oxygen atoms in total. The van der Waals surface area contributed by atoms with Crippen LogP contribution in [0.5, 0.6) is 0 Å². The molecule has 10 heteroatoms. The molecule has 0 aliphatic heterocycles. The van der Waals surface area contributed by atoms with Crippen LogP contribution in [0.25, 0.3) is 22.5 Å². The summed E-state index contributed by atoms with van der Waals surface area (Å²) in [5, 5.41) is 0.730. The highest BCUT2D eigenvalue weighted by atomic mass is 32.2. The molecule has 0 aliphatic carbocycles. The van der Waals surface area contributed by atoms with Crippen LogP contribution in [0.1, 0.15) is 12.5 Å². The fourth-order valence-corrected chi connectivity index (χ4v) is 5.89. The minimum Gasteiger partial charge on any atom is -0.319 e. The molecule has 0 saturated carbocycles. The van der Waals surface area contributed by atoms with Crippen molar-refractivity contribution in [3.63, 3.8) is 0 Å². The zero-order chi connectivity index (χ0) is 25.8. The quantitative estimate of drug-likeness (QED) is 0.203. The molecule has 0 radical (unpaired) electrons. The third-order valence-corrected chi connectivity index (χ3v) is 7.88. The molecule has 0 saturated heterocycles. The molecule has 1 N–H and O–H groups in total. The number of hydrogen-bond donors (Lipinski definition) is 1. The van der Waals surface area contributed by atoms with Gasteiger partial charge in [-0.15, -0.1) is 0 Å². The molecule has 4 rings (SSSR count). The molecule has 188 valence electrons. The highest BCUT2D eigenvalue weighted by molar-refractivity contribution is 7.99. The van der Waals surface area contributed by atoms with Gasteiger partial charge in [0.1, 0.15) is 0 Å². The van der Waals surface area contributed by atoms with Gasteiger partial charge in [0.15, 0.2) is 5.16 Å². The Hall–Kier alpha value is -3.08. The van der Waals surface area contributed by atoms with Gasteiger partial charge in [-0.25, -0.2) is 18.1 Å². The molecule has 0 aliphatic rings. The van der Waals surface area contributed by atoms with E-state index >= 15 is 0 Å². The van der Waals surface area contributed by atoms with E-state index in [-0.39, 0.29) is 6.54 Å². The molecule has 1 heterocycles. The van der Waals surface area contributed by atoms with Gasteiger partial charge in [0.05, 0.1) is 21.8 Å². The molecule has 36 heavy (non-hydrogen) atoms. The molecule has 0 fully saturated rings. The minimum absolute atomic E-state index is 0.0289. The first kappa shape index (κ1) is 26.0. The third-order valence-electron chi connectivity index (χ3n) is 5.44. The van der Waals surface area contributed by atoms with E-state index in [1.807, 2.05) is 67.6 Å². The summed E-state index contributed by atoms with van der Waals surface area (Å²) >= 11 is 1.38. The van der Waals surface area contributed by atoms with Crippen molar-refractivity contribution < 1.29 is 21.6 Å². The summed E-state index contributed by atoms with van der Waals surface area (Å²) in [6.45, 7) is 2.70. The van der Waals surface area contributed by atoms with E-state index in [1.165, 1.54) is 11.8 Å². The Bertz CT molecular complexity index is 1420. The second-order valence-corrected chi connectivity index (χ2v) is 10.7. The van der Waals surface area contributed by atoms with Crippen LogP contribution in [0, 0.1) is 0 Å². The van der Waals surface area contributed by atoms with Gasteiger partial charge in [-0.1, -0.05) is 78.5 Å². The van der Waals surface area contributed by atoms with E-state index < -0.39 is 26.7 Å². The van der Waals surface area contributed by atoms with E-state index in [4.69, 9.17) is 4.98 Å². The summed E-state index contributed by atoms with van der Waals surface area (Å²) in [4.78, 5) is 4.46. The van der Waals surface area contributed by atoms with Crippen molar-refractivity contribution >= 4 is 21.8 Å². The van der Waals surface area contributed by atoms with Crippen LogP contribution < -0.4 is 4.72 Å². The van der Waals surface area contributed by atoms with Gasteiger partial charge in [-0.05, 0) is 25.1 Å². The second-order valence-electron chi connectivity index (χ2n) is 7.84. The van der Waals surface area contributed by atoms with Crippen molar-refractivity contribution in [3.05, 3.63) is 90.5 Å². The maximum absolute atomic E-state index is 13.0. The van der Waals surface area contributed by atoms with E-state index in [0.717, 1.165) is 45.9 Å². The molecule has 0 unspecified atom stereocenters. The Labute approximate surface area is 212 Å². The molecule has 0 amide bonds. The number of sulfonamides is 1. The van der Waals surface area contributed by atoms with E-state index in [1.54, 1.807) is 0 Å². The number of halogens is 3. The average molecular weight is 532 g/mol. The van der Waals surface area contributed by atoms with Crippen LogP contribution in [-0.4, -0.2) is 30.3 Å². The highest BCUT2D eigenvalue weighted by Gasteiger charge is 2.31. The van der Waals surface area contributed by atoms with Crippen LogP contribution in [0.3, 0.4) is 0 Å². The first-order valence-corrected chi connectivity index (χ1v) is 13.7. The lowest BCUT2D eigenvalue weighted by Crippen LogP contribution is -2.26. The molecule has 0 spiro atoms. The normalized spacial score (nSPS) is 12.1. The lowest BCUT2D eigenvalue weighted by atomic mass is 10.0. The molecular weight excluding hydrogens is 507 g/mol. The fraction of sp³-hybridized carbons (Fsp3) is 0.192. The number of hydrogen-bond acceptors (Lipinski definition) is 4. The van der Waals surface area contributed by atoms with Crippen LogP contribution in [0.2, 0.25) is 0 Å². The minimum atomic E-state index is -4.62. The van der Waals surface area contributed by atoms with Gasteiger partial charge in [-0.2, -0.15) is 13.2 Å². The summed E-state index contributed by atoms with van der Waals surface area (Å²) in [5.41, 5.74) is 2.78. The van der Waals surface area contributed by atoms with Crippen molar-refractivity contribution in [2.45, 2.75) is 29.7 Å². The number of aromatic nitrogens is 2. The summed E-state index contributed by atoms with van der Waals surface area (Å²) in [5.74, 6) is 0.345. The van der Waals surface area contributed by atoms with Crippen molar-refractivity contribution in [3.8, 4) is 22.5 Å². The van der Waals surface area contributed by atoms with Crippen molar-refractivity contribution in [1.82, 2.24) is 14.3 Å². The number of alkyl halides is 3. The van der Waals surface area contributed by atoms with Gasteiger partial charge >= 0.3 is 6.18 Å². The van der Waals surface area contributed by atoms with Crippen molar-refractivity contribution in [1.29, 1.82) is 0 Å². The zero-order valence-corrected chi connectivity index (χ0v) is 21.0. The lowest BCUT2D eigenvalue weighted by Gasteiger charge is -2.11. The Balaban J connectivity index is 1.54. The number of imidazole rings is 1. The number of nitrogens with one attached hydrogen (secondary N) is 1. The third kappa shape index (κ3) is 5.83. The van der Waals surface area contributed by atoms with Crippen LogP contribution in [-0.2, 0) is 22.7 Å². The second kappa shape index (κ2) is 10.9. The molecular formula is C26H24F3N3O2S2. The van der Waals surface area contributed by atoms with Crippen LogP contribution >= 0.6 is 11.8 Å². The Morgan fingerprint density at radius 2 is 1.56 bits per heavy atom. The summed E-state index contributed by atoms with van der Waals surface area (Å²) in [6.07, 6.45) is -4.62. The van der Waals surface area contributed by atoms with E-state index in [9.17, 15) is 21.6 Å². The topological polar surface area (TPSA) is 64.0 Å². The van der Waals surface area contributed by atoms with Gasteiger partial charge < -0.3 is 4.57 Å². The lowest BCUT2D eigenvalue weighted by molar-refractivity contribution is -0.137. The highest BCUT2D eigenvalue weighted by Crippen LogP contribution is 2.36. The maximum atomic E-state index is 13.0. The smallest absolute Gasteiger partial charge is 0.319 e. The number of rotatable bonds is 9. The first-order chi connectivity index (χ1) is 17.2. The van der Waals surface area contributed by atoms with Crippen molar-refractivity contribution in [2.24, 2.45) is 0 Å². The van der Waals surface area contributed by atoms with E-state index in [2.05, 4.69) is 9.29 Å². The average Bonchev–Trinajstić information content (AvgIpc) is 3.26. The number of benzene rings is 3. The predicted octanol–water partition coefficient (Wildman–Crippen LogP) is 6.33. The summed E-state index contributed by atoms with van der Waals surface area (Å²) < 4.78 is 68.5. The van der Waals surface area contributed by atoms with Crippen molar-refractivity contribution in [2.75, 3.05) is 12.3 Å². The van der Waals surface area contributed by atoms with Crippen LogP contribution in [0.15, 0.2) is 95.0 Å². The predicted molar refractivity (Wildman–Crippen MR) is 136 cm³/mol.